The van der Waals surface area contributed by atoms with Crippen LogP contribution in [0.15, 0.2) is 318 Å². The van der Waals surface area contributed by atoms with E-state index >= 15 is 0 Å². The Bertz CT molecular complexity index is 3720. The van der Waals surface area contributed by atoms with E-state index in [2.05, 4.69) is 222 Å². The molecular weight excluding hydrogens is 1260 g/mol. The molecule has 2 aliphatic rings. The Hall–Kier alpha value is -8.41. The van der Waals surface area contributed by atoms with E-state index in [0.29, 0.717) is 45.8 Å². The highest BCUT2D eigenvalue weighted by atomic mass is 31.2. The van der Waals surface area contributed by atoms with Gasteiger partial charge in [-0.05, 0) is 157 Å². The molecule has 496 valence electrons. The smallest absolute Gasteiger partial charge is 0.191 e. The number of carbonyl (C=O) groups is 4. The van der Waals surface area contributed by atoms with Gasteiger partial charge in [-0.3, -0.25) is 19.2 Å². The number of rotatable bonds is 18. The molecule has 0 saturated heterocycles. The third-order valence-corrected chi connectivity index (χ3v) is 29.4. The Labute approximate surface area is 567 Å². The van der Waals surface area contributed by atoms with Gasteiger partial charge in [-0.1, -0.05) is 164 Å². The van der Waals surface area contributed by atoms with Crippen LogP contribution in [0.25, 0.3) is 0 Å². The van der Waals surface area contributed by atoms with Crippen LogP contribution in [-0.4, -0.2) is 80.2 Å². The molecule has 11 rings (SSSR count). The van der Waals surface area contributed by atoms with Crippen LogP contribution in [-0.2, 0) is 19.2 Å². The van der Waals surface area contributed by atoms with Crippen molar-refractivity contribution < 1.29 is 59.8 Å². The first kappa shape index (κ1) is 76.6. The van der Waals surface area contributed by atoms with Gasteiger partial charge in [0.25, 0.3) is 0 Å². The summed E-state index contributed by atoms with van der Waals surface area (Å²) < 4.78 is 0. The molecule has 0 spiro atoms. The van der Waals surface area contributed by atoms with Gasteiger partial charge in [0.2, 0.25) is 0 Å². The number of hydrogen-bond donors (Lipinski definition) is 2. The summed E-state index contributed by atoms with van der Waals surface area (Å²) in [6, 6.07) is 94.4. The molecule has 9 aromatic rings. The monoisotopic (exact) mass is 1340 g/mol. The maximum absolute atomic E-state index is 13.5. The van der Waals surface area contributed by atoms with Crippen LogP contribution in [0.3, 0.4) is 0 Å². The number of benzene rings is 9. The molecule has 0 aliphatic heterocycles. The van der Waals surface area contributed by atoms with Crippen LogP contribution in [0.5, 0.6) is 0 Å². The first-order valence-electron chi connectivity index (χ1n) is 31.2. The minimum absolute atomic E-state index is 0.00164. The minimum atomic E-state index is -2.39. The van der Waals surface area contributed by atoms with Gasteiger partial charge in [0.1, 0.15) is 81.9 Å². The van der Waals surface area contributed by atoms with E-state index in [-0.39, 0.29) is 34.3 Å². The zero-order valence-electron chi connectivity index (χ0n) is 55.5. The van der Waals surface area contributed by atoms with Gasteiger partial charge in [-0.25, -0.2) is 0 Å². The Balaban J connectivity index is 0.000000214. The van der Waals surface area contributed by atoms with Crippen LogP contribution < -0.4 is 63.5 Å². The first-order chi connectivity index (χ1) is 46.6. The number of allylic oxidation sites excluding steroid dienone is 6. The van der Waals surface area contributed by atoms with Gasteiger partial charge < -0.3 is 40.6 Å². The molecule has 0 saturated carbocycles. The minimum Gasteiger partial charge on any atom is -0.588 e. The van der Waals surface area contributed by atoms with Crippen LogP contribution in [0.1, 0.15) is 48.5 Å². The predicted octanol–water partition coefficient (Wildman–Crippen LogP) is 9.74. The van der Waals surface area contributed by atoms with Crippen molar-refractivity contribution in [3.63, 3.8) is 0 Å². The lowest BCUT2D eigenvalue weighted by atomic mass is 9.86. The van der Waals surface area contributed by atoms with Crippen LogP contribution in [0.4, 0.5) is 0 Å². The van der Waals surface area contributed by atoms with E-state index in [1.807, 2.05) is 72.8 Å². The highest BCUT2D eigenvalue weighted by molar-refractivity contribution is 7.96. The number of hydrogen-bond acceptors (Lipinski definition) is 9. The van der Waals surface area contributed by atoms with E-state index in [1.165, 1.54) is 51.6 Å². The van der Waals surface area contributed by atoms with Gasteiger partial charge in [-0.15, -0.1) is 20.8 Å². The zero-order valence-corrected chi connectivity index (χ0v) is 58.2. The van der Waals surface area contributed by atoms with Crippen molar-refractivity contribution in [1.29, 1.82) is 0 Å². The Morgan fingerprint density at radius 2 is 0.469 bits per heavy atom. The molecule has 0 heterocycles. The second-order valence-corrected chi connectivity index (χ2v) is 32.6. The molecular formula is C81H85O12P3. The van der Waals surface area contributed by atoms with E-state index in [9.17, 15) is 29.4 Å². The topological polar surface area (TPSA) is 216 Å². The van der Waals surface area contributed by atoms with Gasteiger partial charge in [-0.2, -0.15) is 0 Å². The molecule has 0 aromatic heterocycles. The summed E-state index contributed by atoms with van der Waals surface area (Å²) in [5.41, 5.74) is 3.10. The molecule has 0 amide bonds. The highest BCUT2D eigenvalue weighted by Gasteiger charge is 2.50. The summed E-state index contributed by atoms with van der Waals surface area (Å²) in [4.78, 5) is 60.0. The van der Waals surface area contributed by atoms with Gasteiger partial charge in [0.15, 0.2) is 23.1 Å². The summed E-state index contributed by atoms with van der Waals surface area (Å²) in [6.07, 6.45) is 0.885. The van der Waals surface area contributed by atoms with Crippen LogP contribution in [0, 0.1) is 19.8 Å². The van der Waals surface area contributed by atoms with Gasteiger partial charge in [0.05, 0.1) is 19.9 Å². The van der Waals surface area contributed by atoms with E-state index in [0.717, 1.165) is 15.9 Å². The third-order valence-electron chi connectivity index (χ3n) is 16.7. The summed E-state index contributed by atoms with van der Waals surface area (Å²) >= 11 is 0. The fourth-order valence-electron chi connectivity index (χ4n) is 11.5. The maximum Gasteiger partial charge on any atom is 0.191 e. The normalized spacial score (nSPS) is 13.2. The fourth-order valence-corrected chi connectivity index (χ4v) is 23.4. The summed E-state index contributed by atoms with van der Waals surface area (Å²) in [5.74, 6) is -0.740. The summed E-state index contributed by atoms with van der Waals surface area (Å²) in [5, 5.41) is 57.4. The van der Waals surface area contributed by atoms with E-state index in [4.69, 9.17) is 15.8 Å². The Morgan fingerprint density at radius 3 is 0.688 bits per heavy atom. The van der Waals surface area contributed by atoms with E-state index < -0.39 is 35.0 Å². The standard InChI is InChI=1S/C28H26O4P.C28H26O2P.C19H18P.3C2H5O2/c1-20-26(28(32)25(18-30)24(17-29)27(20)31)19-33(21-11-5-2-6-12-21,22-13-7-3-8-14-22)23-15-9-4-10-16-23;1-20-21(2)28(30)26(22(3)27(20)29)19-31(23-13-7-4-8-14-23,24-15-9-5-10-16-24)25-17-11-6-12-18-25;1-20(17-11-5-2-6-12-17,18-13-7-3-8-14-18)19-15-9-4-10-16-19;3*1-2-4-3/h2-16,29-30H,17-19H2,1H3;4-18H,19H2,1-3H3;2-16H,1H3;3*2,4H,1H3/q3*+1;3*-1. The van der Waals surface area contributed by atoms with Gasteiger partial charge >= 0.3 is 0 Å². The quantitative estimate of drug-likeness (QED) is 0.0208. The van der Waals surface area contributed by atoms with Crippen molar-refractivity contribution >= 4 is 92.7 Å². The Kier molecular flexibility index (Phi) is 31.1. The SMILES string of the molecule is CC1=C(C)C(=O)C(C[P+](c2ccccc2)(c2ccccc2)c2ccccc2)=C(C)C1=O.CC1=C(C[P+](c2ccccc2)(c2ccccc2)c2ccccc2)C(=O)C(CO)=C(CO)C1=O.C[CH-][OH+][O-].C[CH-][OH+][O-].C[CH-][OH+][O-].C[P+](c1ccccc1)(c1ccccc1)c1ccccc1. The van der Waals surface area contributed by atoms with Crippen molar-refractivity contribution in [2.75, 3.05) is 32.2 Å². The molecule has 15 heteroatoms. The van der Waals surface area contributed by atoms with Crippen molar-refractivity contribution in [2.24, 2.45) is 0 Å². The second kappa shape index (κ2) is 39.0. The lowest BCUT2D eigenvalue weighted by Crippen LogP contribution is -2.37. The van der Waals surface area contributed by atoms with Gasteiger partial charge in [0, 0.05) is 44.6 Å². The largest absolute Gasteiger partial charge is 0.588 e. The molecule has 2 aliphatic carbocycles. The predicted molar refractivity (Wildman–Crippen MR) is 394 cm³/mol. The average Bonchev–Trinajstić information content (AvgIpc) is 0.759. The molecule has 0 radical (unpaired) electrons. The number of carbonyl (C=O) groups excluding carboxylic acids is 4. The molecule has 0 bridgehead atoms. The molecule has 12 nitrogen and oxygen atoms in total. The van der Waals surface area contributed by atoms with Crippen molar-refractivity contribution in [3.8, 4) is 0 Å². The number of aliphatic hydroxyl groups is 5. The van der Waals surface area contributed by atoms with E-state index in [1.54, 1.807) is 48.5 Å². The van der Waals surface area contributed by atoms with Crippen LogP contribution >= 0.6 is 21.8 Å². The third kappa shape index (κ3) is 18.4. The van der Waals surface area contributed by atoms with Crippen molar-refractivity contribution in [2.45, 2.75) is 48.5 Å². The molecule has 0 unspecified atom stereocenters. The molecule has 0 atom stereocenters. The first-order valence-corrected chi connectivity index (χ1v) is 37.4. The molecule has 5 N–H and O–H groups in total. The number of Topliss-reactive ketones (excluding diaryl/α,β-unsaturated/α-hetero) is 4. The summed E-state index contributed by atoms with van der Waals surface area (Å²) in [7, 11) is -6.13. The fraction of sp³-hybridized carbons (Fsp3) is 0.148. The molecule has 96 heavy (non-hydrogen) atoms. The van der Waals surface area contributed by atoms with Crippen LogP contribution in [0.2, 0.25) is 0 Å². The lowest BCUT2D eigenvalue weighted by molar-refractivity contribution is -0.761. The van der Waals surface area contributed by atoms with Crippen molar-refractivity contribution in [3.05, 3.63) is 337 Å². The number of aliphatic hydroxyl groups excluding tert-OH is 2. The molecule has 0 fully saturated rings. The Morgan fingerprint density at radius 1 is 0.292 bits per heavy atom. The maximum atomic E-state index is 13.5. The number of ketones is 4. The highest BCUT2D eigenvalue weighted by Crippen LogP contribution is 2.59. The lowest BCUT2D eigenvalue weighted by Gasteiger charge is -2.30. The average molecular weight is 1340 g/mol. The summed E-state index contributed by atoms with van der Waals surface area (Å²) in [6.45, 7) is 16.6. The zero-order chi connectivity index (χ0) is 69.5. The molecule has 9 aromatic carbocycles. The van der Waals surface area contributed by atoms with Crippen molar-refractivity contribution in [1.82, 2.24) is 0 Å². The second-order valence-electron chi connectivity index (χ2n) is 22.1.